The van der Waals surface area contributed by atoms with E-state index in [4.69, 9.17) is 5.73 Å². The second-order valence-electron chi connectivity index (χ2n) is 3.17. The average Bonchev–Trinajstić information content (AvgIpc) is 2.02. The Morgan fingerprint density at radius 1 is 1.50 bits per heavy atom. The van der Waals surface area contributed by atoms with Gasteiger partial charge < -0.3 is 5.73 Å². The molecule has 0 bridgehead atoms. The van der Waals surface area contributed by atoms with Crippen LogP contribution in [0.5, 0.6) is 0 Å². The van der Waals surface area contributed by atoms with E-state index in [9.17, 15) is 0 Å². The molecule has 0 spiro atoms. The van der Waals surface area contributed by atoms with E-state index in [-0.39, 0.29) is 0 Å². The van der Waals surface area contributed by atoms with Crippen molar-refractivity contribution >= 4 is 6.21 Å². The molecule has 12 heavy (non-hydrogen) atoms. The third-order valence-electron chi connectivity index (χ3n) is 1.22. The molecule has 1 aromatic heterocycles. The first-order valence-corrected chi connectivity index (χ1v) is 3.83. The normalized spacial score (nSPS) is 12.2. The van der Waals surface area contributed by atoms with Crippen molar-refractivity contribution in [3.05, 3.63) is 30.1 Å². The van der Waals surface area contributed by atoms with Gasteiger partial charge in [0, 0.05) is 12.4 Å². The number of hydrogen-bond acceptors (Lipinski definition) is 3. The molecule has 0 atom stereocenters. The van der Waals surface area contributed by atoms with Crippen molar-refractivity contribution in [2.45, 2.75) is 19.5 Å². The molecule has 0 fully saturated rings. The summed E-state index contributed by atoms with van der Waals surface area (Å²) in [5.74, 6) is 0. The van der Waals surface area contributed by atoms with Gasteiger partial charge in [-0.05, 0) is 26.0 Å². The SMILES string of the molecule is CC(C)(N)N=Cc1ccccn1. The highest BCUT2D eigenvalue weighted by Crippen LogP contribution is 1.98. The number of rotatable bonds is 2. The van der Waals surface area contributed by atoms with Crippen molar-refractivity contribution in [3.63, 3.8) is 0 Å². The second-order valence-corrected chi connectivity index (χ2v) is 3.17. The Labute approximate surface area is 72.3 Å². The standard InChI is InChI=1S/C9H13N3/c1-9(2,10)12-7-8-5-3-4-6-11-8/h3-7H,10H2,1-2H3. The minimum atomic E-state index is -0.516. The zero-order valence-corrected chi connectivity index (χ0v) is 7.36. The summed E-state index contributed by atoms with van der Waals surface area (Å²) in [7, 11) is 0. The lowest BCUT2D eigenvalue weighted by Crippen LogP contribution is -2.29. The summed E-state index contributed by atoms with van der Waals surface area (Å²) in [5, 5.41) is 0. The summed E-state index contributed by atoms with van der Waals surface area (Å²) in [4.78, 5) is 8.19. The number of aliphatic imine (C=N–C) groups is 1. The second kappa shape index (κ2) is 3.45. The fourth-order valence-electron chi connectivity index (χ4n) is 0.685. The van der Waals surface area contributed by atoms with E-state index in [0.29, 0.717) is 0 Å². The molecule has 1 aromatic rings. The van der Waals surface area contributed by atoms with Crippen LogP contribution < -0.4 is 5.73 Å². The van der Waals surface area contributed by atoms with E-state index in [1.807, 2.05) is 32.0 Å². The van der Waals surface area contributed by atoms with E-state index in [1.54, 1.807) is 12.4 Å². The lowest BCUT2D eigenvalue weighted by Gasteiger charge is -2.10. The molecule has 64 valence electrons. The van der Waals surface area contributed by atoms with Gasteiger partial charge in [-0.25, -0.2) is 0 Å². The minimum absolute atomic E-state index is 0.516. The lowest BCUT2D eigenvalue weighted by atomic mass is 10.3. The third-order valence-corrected chi connectivity index (χ3v) is 1.22. The molecule has 0 aliphatic rings. The van der Waals surface area contributed by atoms with Gasteiger partial charge in [0.25, 0.3) is 0 Å². The molecule has 0 saturated heterocycles. The first-order chi connectivity index (χ1) is 5.58. The van der Waals surface area contributed by atoms with Crippen LogP contribution >= 0.6 is 0 Å². The highest BCUT2D eigenvalue weighted by Gasteiger charge is 2.04. The third kappa shape index (κ3) is 3.25. The van der Waals surface area contributed by atoms with E-state index in [2.05, 4.69) is 9.98 Å². The molecule has 0 amide bonds. The van der Waals surface area contributed by atoms with Crippen molar-refractivity contribution in [2.75, 3.05) is 0 Å². The van der Waals surface area contributed by atoms with Gasteiger partial charge in [0.05, 0.1) is 5.69 Å². The molecule has 3 nitrogen and oxygen atoms in total. The number of nitrogens with two attached hydrogens (primary N) is 1. The van der Waals surface area contributed by atoms with Gasteiger partial charge >= 0.3 is 0 Å². The summed E-state index contributed by atoms with van der Waals surface area (Å²) in [6, 6.07) is 5.66. The summed E-state index contributed by atoms with van der Waals surface area (Å²) >= 11 is 0. The maximum absolute atomic E-state index is 5.66. The topological polar surface area (TPSA) is 51.3 Å². The molecule has 0 aliphatic heterocycles. The zero-order chi connectivity index (χ0) is 9.03. The van der Waals surface area contributed by atoms with Gasteiger partial charge in [-0.2, -0.15) is 0 Å². The van der Waals surface area contributed by atoms with E-state index >= 15 is 0 Å². The monoisotopic (exact) mass is 163 g/mol. The number of pyridine rings is 1. The van der Waals surface area contributed by atoms with Crippen LogP contribution in [0, 0.1) is 0 Å². The van der Waals surface area contributed by atoms with Gasteiger partial charge in [0.2, 0.25) is 0 Å². The zero-order valence-electron chi connectivity index (χ0n) is 7.36. The number of aromatic nitrogens is 1. The fourth-order valence-corrected chi connectivity index (χ4v) is 0.685. The Kier molecular flexibility index (Phi) is 2.55. The highest BCUT2D eigenvalue weighted by atomic mass is 15.0. The average molecular weight is 163 g/mol. The van der Waals surface area contributed by atoms with Gasteiger partial charge in [0.1, 0.15) is 5.66 Å². The smallest absolute Gasteiger partial charge is 0.102 e. The van der Waals surface area contributed by atoms with Crippen molar-refractivity contribution in [3.8, 4) is 0 Å². The van der Waals surface area contributed by atoms with E-state index < -0.39 is 5.66 Å². The molecular weight excluding hydrogens is 150 g/mol. The molecule has 1 rings (SSSR count). The highest BCUT2D eigenvalue weighted by molar-refractivity contribution is 5.76. The first-order valence-electron chi connectivity index (χ1n) is 3.83. The molecule has 3 heteroatoms. The Hall–Kier alpha value is -1.22. The molecular formula is C9H13N3. The van der Waals surface area contributed by atoms with Crippen LogP contribution in [0.25, 0.3) is 0 Å². The molecule has 0 unspecified atom stereocenters. The van der Waals surface area contributed by atoms with Crippen LogP contribution in [0.1, 0.15) is 19.5 Å². The van der Waals surface area contributed by atoms with Crippen LogP contribution in [0.2, 0.25) is 0 Å². The number of nitrogens with zero attached hydrogens (tertiary/aromatic N) is 2. The number of hydrogen-bond donors (Lipinski definition) is 1. The van der Waals surface area contributed by atoms with Crippen LogP contribution in [0.3, 0.4) is 0 Å². The van der Waals surface area contributed by atoms with Crippen LogP contribution in [0.15, 0.2) is 29.4 Å². The Balaban J connectivity index is 2.71. The van der Waals surface area contributed by atoms with E-state index in [1.165, 1.54) is 0 Å². The Morgan fingerprint density at radius 2 is 2.25 bits per heavy atom. The Morgan fingerprint density at radius 3 is 2.75 bits per heavy atom. The molecule has 0 aliphatic carbocycles. The summed E-state index contributed by atoms with van der Waals surface area (Å²) < 4.78 is 0. The molecule has 0 aromatic carbocycles. The predicted molar refractivity (Wildman–Crippen MR) is 50.1 cm³/mol. The van der Waals surface area contributed by atoms with Gasteiger partial charge in [-0.3, -0.25) is 9.98 Å². The van der Waals surface area contributed by atoms with Gasteiger partial charge in [0.15, 0.2) is 0 Å². The summed E-state index contributed by atoms with van der Waals surface area (Å²) in [6.45, 7) is 3.68. The van der Waals surface area contributed by atoms with Crippen LogP contribution in [-0.2, 0) is 0 Å². The predicted octanol–water partition coefficient (Wildman–Crippen LogP) is 1.20. The van der Waals surface area contributed by atoms with Crippen molar-refractivity contribution in [1.29, 1.82) is 0 Å². The first kappa shape index (κ1) is 8.87. The largest absolute Gasteiger partial charge is 0.308 e. The van der Waals surface area contributed by atoms with Gasteiger partial charge in [-0.1, -0.05) is 6.07 Å². The van der Waals surface area contributed by atoms with Crippen LogP contribution in [0.4, 0.5) is 0 Å². The molecule has 2 N–H and O–H groups in total. The van der Waals surface area contributed by atoms with Crippen molar-refractivity contribution in [1.82, 2.24) is 4.98 Å². The van der Waals surface area contributed by atoms with Crippen molar-refractivity contribution < 1.29 is 0 Å². The van der Waals surface area contributed by atoms with Crippen molar-refractivity contribution in [2.24, 2.45) is 10.7 Å². The molecule has 0 saturated carbocycles. The van der Waals surface area contributed by atoms with Crippen LogP contribution in [-0.4, -0.2) is 16.9 Å². The Bertz CT molecular complexity index is 259. The lowest BCUT2D eigenvalue weighted by molar-refractivity contribution is 0.553. The maximum Gasteiger partial charge on any atom is 0.102 e. The minimum Gasteiger partial charge on any atom is -0.308 e. The molecule has 0 radical (unpaired) electrons. The summed E-state index contributed by atoms with van der Waals surface area (Å²) in [6.07, 6.45) is 3.41. The fraction of sp³-hybridized carbons (Fsp3) is 0.333. The maximum atomic E-state index is 5.66. The van der Waals surface area contributed by atoms with Gasteiger partial charge in [-0.15, -0.1) is 0 Å². The van der Waals surface area contributed by atoms with E-state index in [0.717, 1.165) is 5.69 Å². The quantitative estimate of drug-likeness (QED) is 0.666. The molecule has 1 heterocycles. The summed E-state index contributed by atoms with van der Waals surface area (Å²) in [5.41, 5.74) is 5.97.